The van der Waals surface area contributed by atoms with Crippen molar-refractivity contribution in [2.45, 2.75) is 6.92 Å². The van der Waals surface area contributed by atoms with E-state index in [9.17, 15) is 9.59 Å². The molecule has 1 amide bonds. The molecule has 3 rings (SSSR count). The number of nitrogens with one attached hydrogen (secondary N) is 4. The molecule has 1 heterocycles. The van der Waals surface area contributed by atoms with Crippen LogP contribution in [-0.4, -0.2) is 21.0 Å². The zero-order chi connectivity index (χ0) is 17.3. The summed E-state index contributed by atoms with van der Waals surface area (Å²) in [5.41, 5.74) is 3.00. The lowest BCUT2D eigenvalue weighted by atomic mass is 10.1. The maximum absolute atomic E-state index is 12.2. The molecule has 0 fully saturated rings. The summed E-state index contributed by atoms with van der Waals surface area (Å²) in [6.45, 7) is 1.86. The van der Waals surface area contributed by atoms with E-state index in [4.69, 9.17) is 23.8 Å². The Bertz CT molecular complexity index is 1010. The molecule has 1 aromatic heterocycles. The molecule has 0 bridgehead atoms. The summed E-state index contributed by atoms with van der Waals surface area (Å²) in [4.78, 5) is 28.7. The van der Waals surface area contributed by atoms with E-state index >= 15 is 0 Å². The lowest BCUT2D eigenvalue weighted by Gasteiger charge is -2.10. The Hall–Kier alpha value is -2.64. The lowest BCUT2D eigenvalue weighted by molar-refractivity contribution is 0.0977. The normalized spacial score (nSPS) is 10.6. The van der Waals surface area contributed by atoms with Gasteiger partial charge in [-0.05, 0) is 55.0 Å². The van der Waals surface area contributed by atoms with Gasteiger partial charge in [-0.1, -0.05) is 17.7 Å². The van der Waals surface area contributed by atoms with Crippen LogP contribution in [-0.2, 0) is 0 Å². The summed E-state index contributed by atoms with van der Waals surface area (Å²) >= 11 is 11.2. The molecule has 0 aliphatic carbocycles. The fraction of sp³-hybridized carbons (Fsp3) is 0.0625. The maximum atomic E-state index is 12.2. The number of carbonyl (C=O) groups is 1. The third-order valence-electron chi connectivity index (χ3n) is 3.43. The van der Waals surface area contributed by atoms with Crippen molar-refractivity contribution in [2.75, 3.05) is 5.32 Å². The fourth-order valence-electron chi connectivity index (χ4n) is 2.18. The molecule has 6 nitrogen and oxygen atoms in total. The highest BCUT2D eigenvalue weighted by molar-refractivity contribution is 7.80. The topological polar surface area (TPSA) is 89.8 Å². The van der Waals surface area contributed by atoms with E-state index < -0.39 is 0 Å². The lowest BCUT2D eigenvalue weighted by Crippen LogP contribution is -2.34. The van der Waals surface area contributed by atoms with Gasteiger partial charge in [-0.3, -0.25) is 10.1 Å². The average Bonchev–Trinajstić information content (AvgIpc) is 2.89. The summed E-state index contributed by atoms with van der Waals surface area (Å²) in [5, 5.41) is 6.15. The third-order valence-corrected chi connectivity index (χ3v) is 4.05. The Morgan fingerprint density at radius 2 is 1.88 bits per heavy atom. The second-order valence-corrected chi connectivity index (χ2v) is 6.03. The van der Waals surface area contributed by atoms with Gasteiger partial charge in [0.05, 0.1) is 11.0 Å². The van der Waals surface area contributed by atoms with E-state index in [2.05, 4.69) is 20.6 Å². The van der Waals surface area contributed by atoms with Crippen molar-refractivity contribution < 1.29 is 4.79 Å². The number of aryl methyl sites for hydroxylation is 1. The van der Waals surface area contributed by atoms with Crippen molar-refractivity contribution in [3.8, 4) is 0 Å². The van der Waals surface area contributed by atoms with Gasteiger partial charge in [0.15, 0.2) is 5.11 Å². The molecular formula is C16H13ClN4O2S. The van der Waals surface area contributed by atoms with Crippen LogP contribution in [0.15, 0.2) is 41.2 Å². The van der Waals surface area contributed by atoms with E-state index in [-0.39, 0.29) is 16.7 Å². The molecule has 0 radical (unpaired) electrons. The molecular weight excluding hydrogens is 348 g/mol. The van der Waals surface area contributed by atoms with Gasteiger partial charge in [-0.15, -0.1) is 0 Å². The van der Waals surface area contributed by atoms with E-state index in [0.717, 1.165) is 5.56 Å². The van der Waals surface area contributed by atoms with Crippen molar-refractivity contribution in [3.05, 3.63) is 63.0 Å². The molecule has 8 heteroatoms. The number of H-pyrrole nitrogens is 2. The molecule has 4 N–H and O–H groups in total. The average molecular weight is 361 g/mol. The van der Waals surface area contributed by atoms with Gasteiger partial charge in [0.1, 0.15) is 0 Å². The molecule has 0 atom stereocenters. The smallest absolute Gasteiger partial charge is 0.323 e. The molecule has 122 valence electrons. The predicted octanol–water partition coefficient (Wildman–Crippen LogP) is 2.94. The molecule has 0 saturated carbocycles. The number of rotatable bonds is 2. The monoisotopic (exact) mass is 360 g/mol. The number of anilines is 1. The Kier molecular flexibility index (Phi) is 4.37. The van der Waals surface area contributed by atoms with Gasteiger partial charge in [0.2, 0.25) is 0 Å². The largest absolute Gasteiger partial charge is 0.332 e. The van der Waals surface area contributed by atoms with E-state index in [1.54, 1.807) is 36.4 Å². The first-order valence-corrected chi connectivity index (χ1v) is 7.81. The zero-order valence-corrected chi connectivity index (χ0v) is 14.1. The van der Waals surface area contributed by atoms with E-state index in [1.807, 2.05) is 6.92 Å². The number of imidazole rings is 1. The number of aromatic nitrogens is 2. The summed E-state index contributed by atoms with van der Waals surface area (Å²) < 4.78 is 0. The SMILES string of the molecule is Cc1ccc(C(=O)NC(=S)Nc2ccc3[nH]c(=O)[nH]c3c2)cc1Cl. The van der Waals surface area contributed by atoms with E-state index in [0.29, 0.717) is 27.3 Å². The Labute approximate surface area is 147 Å². The van der Waals surface area contributed by atoms with Gasteiger partial charge in [0, 0.05) is 16.3 Å². The first-order valence-electron chi connectivity index (χ1n) is 7.03. The zero-order valence-electron chi connectivity index (χ0n) is 12.6. The van der Waals surface area contributed by atoms with Crippen LogP contribution in [0.3, 0.4) is 0 Å². The minimum Gasteiger partial charge on any atom is -0.332 e. The van der Waals surface area contributed by atoms with Crippen molar-refractivity contribution in [1.29, 1.82) is 0 Å². The molecule has 0 spiro atoms. The number of benzene rings is 2. The van der Waals surface area contributed by atoms with Gasteiger partial charge in [0.25, 0.3) is 5.91 Å². The van der Waals surface area contributed by atoms with Crippen LogP contribution in [0.1, 0.15) is 15.9 Å². The van der Waals surface area contributed by atoms with Crippen LogP contribution in [0.2, 0.25) is 5.02 Å². The minimum atomic E-state index is -0.356. The van der Waals surface area contributed by atoms with Crippen LogP contribution < -0.4 is 16.3 Å². The molecule has 24 heavy (non-hydrogen) atoms. The fourth-order valence-corrected chi connectivity index (χ4v) is 2.57. The van der Waals surface area contributed by atoms with Crippen molar-refractivity contribution in [1.82, 2.24) is 15.3 Å². The number of aromatic amines is 2. The summed E-state index contributed by atoms with van der Waals surface area (Å²) in [7, 11) is 0. The number of thiocarbonyl (C=S) groups is 1. The van der Waals surface area contributed by atoms with Crippen LogP contribution in [0, 0.1) is 6.92 Å². The molecule has 0 saturated heterocycles. The number of halogens is 1. The summed E-state index contributed by atoms with van der Waals surface area (Å²) in [6, 6.07) is 10.2. The highest BCUT2D eigenvalue weighted by atomic mass is 35.5. The van der Waals surface area contributed by atoms with Crippen molar-refractivity contribution in [3.63, 3.8) is 0 Å². The minimum absolute atomic E-state index is 0.147. The summed E-state index contributed by atoms with van der Waals surface area (Å²) in [6.07, 6.45) is 0. The molecule has 0 unspecified atom stereocenters. The molecule has 3 aromatic rings. The number of carbonyl (C=O) groups excluding carboxylic acids is 1. The van der Waals surface area contributed by atoms with Crippen LogP contribution in [0.5, 0.6) is 0 Å². The number of hydrogen-bond acceptors (Lipinski definition) is 3. The first-order chi connectivity index (χ1) is 11.4. The third kappa shape index (κ3) is 3.47. The highest BCUT2D eigenvalue weighted by Crippen LogP contribution is 2.17. The van der Waals surface area contributed by atoms with Gasteiger partial charge in [-0.2, -0.15) is 0 Å². The second kappa shape index (κ2) is 6.46. The molecule has 0 aliphatic rings. The van der Waals surface area contributed by atoms with Gasteiger partial charge >= 0.3 is 5.69 Å². The Balaban J connectivity index is 1.70. The standard InChI is InChI=1S/C16H13ClN4O2S/c1-8-2-3-9(6-11(8)17)14(22)21-16(24)18-10-4-5-12-13(7-10)20-15(23)19-12/h2-7H,1H3,(H2,19,20,23)(H2,18,21,22,24). The Morgan fingerprint density at radius 3 is 2.62 bits per heavy atom. The first kappa shape index (κ1) is 16.2. The number of hydrogen-bond donors (Lipinski definition) is 4. The van der Waals surface area contributed by atoms with Crippen LogP contribution >= 0.6 is 23.8 Å². The van der Waals surface area contributed by atoms with Gasteiger partial charge in [-0.25, -0.2) is 4.79 Å². The molecule has 0 aliphatic heterocycles. The van der Waals surface area contributed by atoms with E-state index in [1.165, 1.54) is 0 Å². The van der Waals surface area contributed by atoms with Crippen LogP contribution in [0.25, 0.3) is 11.0 Å². The van der Waals surface area contributed by atoms with Crippen molar-refractivity contribution in [2.24, 2.45) is 0 Å². The predicted molar refractivity (Wildman–Crippen MR) is 98.8 cm³/mol. The Morgan fingerprint density at radius 1 is 1.12 bits per heavy atom. The second-order valence-electron chi connectivity index (χ2n) is 5.21. The maximum Gasteiger partial charge on any atom is 0.323 e. The summed E-state index contributed by atoms with van der Waals surface area (Å²) in [5.74, 6) is -0.356. The van der Waals surface area contributed by atoms with Crippen molar-refractivity contribution >= 4 is 51.6 Å². The number of fused-ring (bicyclic) bond motifs is 1. The molecule has 2 aromatic carbocycles. The van der Waals surface area contributed by atoms with Gasteiger partial charge < -0.3 is 15.3 Å². The van der Waals surface area contributed by atoms with Crippen LogP contribution in [0.4, 0.5) is 5.69 Å². The highest BCUT2D eigenvalue weighted by Gasteiger charge is 2.10. The number of amides is 1. The quantitative estimate of drug-likeness (QED) is 0.529.